The summed E-state index contributed by atoms with van der Waals surface area (Å²) in [7, 11) is 0. The number of hydrogen-bond donors (Lipinski definition) is 3. The van der Waals surface area contributed by atoms with Gasteiger partial charge in [0, 0.05) is 29.5 Å². The van der Waals surface area contributed by atoms with E-state index in [-0.39, 0.29) is 38.6 Å². The number of thiazole rings is 1. The van der Waals surface area contributed by atoms with Crippen LogP contribution in [-0.2, 0) is 21.0 Å². The van der Waals surface area contributed by atoms with Crippen LogP contribution in [0.3, 0.4) is 0 Å². The molecule has 0 saturated carbocycles. The number of carbonyl (C=O) groups is 2. The number of nitriles is 1. The van der Waals surface area contributed by atoms with Gasteiger partial charge in [0.15, 0.2) is 5.57 Å². The second kappa shape index (κ2) is 10.6. The number of carbonyl (C=O) groups excluding carboxylic acids is 2. The number of nitrogens with zero attached hydrogens (tertiary/aromatic N) is 3. The van der Waals surface area contributed by atoms with E-state index < -0.39 is 11.4 Å². The van der Waals surface area contributed by atoms with Gasteiger partial charge in [0.25, 0.3) is 5.56 Å². The Hall–Kier alpha value is -3.91. The lowest BCUT2D eigenvalue weighted by Gasteiger charge is -2.18. The van der Waals surface area contributed by atoms with Crippen molar-refractivity contribution in [3.8, 4) is 6.07 Å². The Morgan fingerprint density at radius 2 is 2.00 bits per heavy atom. The van der Waals surface area contributed by atoms with Gasteiger partial charge in [0.2, 0.25) is 5.91 Å². The largest absolute Gasteiger partial charge is 0.385 e. The lowest BCUT2D eigenvalue weighted by atomic mass is 9.95. The van der Waals surface area contributed by atoms with Crippen LogP contribution in [-0.4, -0.2) is 22.3 Å². The second-order valence-corrected chi connectivity index (χ2v) is 9.02. The lowest BCUT2D eigenvalue weighted by molar-refractivity contribution is -0.136. The number of aromatic nitrogens is 1. The van der Waals surface area contributed by atoms with Crippen LogP contribution in [0.4, 0.5) is 11.4 Å². The van der Waals surface area contributed by atoms with E-state index in [0.717, 1.165) is 11.3 Å². The molecule has 0 aliphatic heterocycles. The number of oxime groups is 1. The molecule has 33 heavy (non-hydrogen) atoms. The van der Waals surface area contributed by atoms with E-state index in [1.54, 1.807) is 37.3 Å². The Balaban J connectivity index is 2.44. The number of amidine groups is 1. The molecule has 2 aromatic rings. The van der Waals surface area contributed by atoms with Crippen molar-refractivity contribution in [2.24, 2.45) is 16.3 Å². The van der Waals surface area contributed by atoms with Gasteiger partial charge in [-0.2, -0.15) is 5.26 Å². The minimum Gasteiger partial charge on any atom is -0.385 e. The zero-order chi connectivity index (χ0) is 24.8. The number of nitrogens with one attached hydrogen (secondary N) is 2. The Bertz CT molecular complexity index is 1300. The van der Waals surface area contributed by atoms with Crippen LogP contribution in [0.25, 0.3) is 11.8 Å². The van der Waals surface area contributed by atoms with Crippen LogP contribution in [0.2, 0.25) is 0 Å². The minimum absolute atomic E-state index is 0.0128. The topological polar surface area (TPSA) is 152 Å². The zero-order valence-corrected chi connectivity index (χ0v) is 19.9. The molecule has 1 aromatic carbocycles. The predicted octanol–water partition coefficient (Wildman–Crippen LogP) is 1.27. The molecule has 0 atom stereocenters. The normalized spacial score (nSPS) is 13.2. The van der Waals surface area contributed by atoms with E-state index in [1.165, 1.54) is 17.7 Å². The molecule has 1 amide bonds. The maximum absolute atomic E-state index is 12.8. The Morgan fingerprint density at radius 3 is 2.58 bits per heavy atom. The summed E-state index contributed by atoms with van der Waals surface area (Å²) >= 11 is 0.966. The first-order chi connectivity index (χ1) is 15.5. The Labute approximate surface area is 194 Å². The van der Waals surface area contributed by atoms with Gasteiger partial charge in [0.1, 0.15) is 21.1 Å². The molecule has 0 aliphatic rings. The second-order valence-electron chi connectivity index (χ2n) is 7.99. The molecule has 0 unspecified atom stereocenters. The van der Waals surface area contributed by atoms with Crippen LogP contribution in [0.5, 0.6) is 0 Å². The molecule has 10 nitrogen and oxygen atoms in total. The lowest BCUT2D eigenvalue weighted by Crippen LogP contribution is -2.32. The SMILES string of the molecule is CCn1c(=C(C#N)C(=O)ON=C(C)N)sc(=CNc2cccc(NC(=O)C(C)(C)C)c2)c1=O. The van der Waals surface area contributed by atoms with Gasteiger partial charge in [-0.1, -0.05) is 32.0 Å². The van der Waals surface area contributed by atoms with Gasteiger partial charge in [0.05, 0.1) is 0 Å². The first-order valence-corrected chi connectivity index (χ1v) is 10.8. The van der Waals surface area contributed by atoms with E-state index in [4.69, 9.17) is 5.73 Å². The van der Waals surface area contributed by atoms with Crippen molar-refractivity contribution in [1.82, 2.24) is 4.57 Å². The maximum Gasteiger partial charge on any atom is 0.379 e. The molecule has 4 N–H and O–H groups in total. The average Bonchev–Trinajstić information content (AvgIpc) is 3.06. The van der Waals surface area contributed by atoms with Gasteiger partial charge in [-0.3, -0.25) is 14.2 Å². The average molecular weight is 471 g/mol. The highest BCUT2D eigenvalue weighted by Gasteiger charge is 2.21. The Kier molecular flexibility index (Phi) is 8.15. The molecule has 0 aliphatic carbocycles. The standard InChI is InChI=1S/C22H26N6O4S/c1-6-28-18(29)17(33-19(28)16(11-23)20(30)32-27-13(2)24)12-25-14-8-7-9-15(10-14)26-21(31)22(3,4)5/h7-10,12,25H,6H2,1-5H3,(H2,24,27)(H,26,31). The number of amides is 1. The first kappa shape index (κ1) is 25.4. The molecule has 174 valence electrons. The third kappa shape index (κ3) is 6.54. The monoisotopic (exact) mass is 470 g/mol. The van der Waals surface area contributed by atoms with Crippen LogP contribution in [0.15, 0.2) is 34.2 Å². The van der Waals surface area contributed by atoms with E-state index in [1.807, 2.05) is 20.8 Å². The third-order valence-corrected chi connectivity index (χ3v) is 5.33. The van der Waals surface area contributed by atoms with Gasteiger partial charge >= 0.3 is 5.97 Å². The quantitative estimate of drug-likeness (QED) is 0.249. The maximum atomic E-state index is 12.8. The van der Waals surface area contributed by atoms with Gasteiger partial charge in [-0.05, 0) is 32.0 Å². The molecule has 0 spiro atoms. The van der Waals surface area contributed by atoms with Gasteiger partial charge in [-0.15, -0.1) is 11.3 Å². The molecular weight excluding hydrogens is 444 g/mol. The van der Waals surface area contributed by atoms with Crippen LogP contribution < -0.4 is 31.1 Å². The third-order valence-electron chi connectivity index (χ3n) is 4.20. The zero-order valence-electron chi connectivity index (χ0n) is 19.1. The molecular formula is C22H26N6O4S. The summed E-state index contributed by atoms with van der Waals surface area (Å²) in [5, 5.41) is 18.7. The fourth-order valence-electron chi connectivity index (χ4n) is 2.49. The number of anilines is 2. The van der Waals surface area contributed by atoms with Gasteiger partial charge < -0.3 is 21.2 Å². The van der Waals surface area contributed by atoms with Crippen molar-refractivity contribution in [1.29, 1.82) is 5.26 Å². The van der Waals surface area contributed by atoms with E-state index in [2.05, 4.69) is 20.6 Å². The van der Waals surface area contributed by atoms with Crippen molar-refractivity contribution in [3.05, 3.63) is 43.8 Å². The van der Waals surface area contributed by atoms with Crippen LogP contribution in [0, 0.1) is 16.7 Å². The van der Waals surface area contributed by atoms with E-state index in [0.29, 0.717) is 11.4 Å². The summed E-state index contributed by atoms with van der Waals surface area (Å²) < 4.78 is 1.73. The molecule has 2 rings (SSSR count). The molecule has 0 bridgehead atoms. The molecule has 11 heteroatoms. The van der Waals surface area contributed by atoms with Crippen LogP contribution >= 0.6 is 11.3 Å². The molecule has 0 radical (unpaired) electrons. The Morgan fingerprint density at radius 1 is 1.33 bits per heavy atom. The molecule has 1 aromatic heterocycles. The summed E-state index contributed by atoms with van der Waals surface area (Å²) in [6.45, 7) is 8.84. The molecule has 0 saturated heterocycles. The highest BCUT2D eigenvalue weighted by Crippen LogP contribution is 2.20. The number of rotatable bonds is 6. The van der Waals surface area contributed by atoms with Gasteiger partial charge in [-0.25, -0.2) is 4.79 Å². The van der Waals surface area contributed by atoms with E-state index in [9.17, 15) is 19.6 Å². The molecule has 1 heterocycles. The van der Waals surface area contributed by atoms with Crippen molar-refractivity contribution in [2.45, 2.75) is 41.2 Å². The molecule has 0 fully saturated rings. The highest BCUT2D eigenvalue weighted by molar-refractivity contribution is 7.07. The summed E-state index contributed by atoms with van der Waals surface area (Å²) in [5.74, 6) is -1.12. The van der Waals surface area contributed by atoms with E-state index >= 15 is 0 Å². The minimum atomic E-state index is -1.01. The number of nitrogens with two attached hydrogens (primary N) is 1. The fourth-order valence-corrected chi connectivity index (χ4v) is 3.56. The summed E-state index contributed by atoms with van der Waals surface area (Å²) in [6, 6.07) is 8.79. The van der Waals surface area contributed by atoms with Crippen molar-refractivity contribution >= 4 is 52.2 Å². The fraction of sp³-hybridized carbons (Fsp3) is 0.318. The first-order valence-electron chi connectivity index (χ1n) is 10.0. The summed E-state index contributed by atoms with van der Waals surface area (Å²) in [4.78, 5) is 41.9. The van der Waals surface area contributed by atoms with Crippen molar-refractivity contribution in [3.63, 3.8) is 0 Å². The number of hydrogen-bond acceptors (Lipinski definition) is 8. The smallest absolute Gasteiger partial charge is 0.379 e. The van der Waals surface area contributed by atoms with Crippen LogP contribution in [0.1, 0.15) is 34.6 Å². The van der Waals surface area contributed by atoms with Crippen molar-refractivity contribution in [2.75, 3.05) is 10.6 Å². The predicted molar refractivity (Wildman–Crippen MR) is 129 cm³/mol. The summed E-state index contributed by atoms with van der Waals surface area (Å²) in [6.07, 6.45) is 1.48. The number of benzene rings is 1. The summed E-state index contributed by atoms with van der Waals surface area (Å²) in [5.41, 5.74) is 5.32. The highest BCUT2D eigenvalue weighted by atomic mass is 32.1. The van der Waals surface area contributed by atoms with Crippen molar-refractivity contribution < 1.29 is 14.4 Å².